The molecule has 0 saturated heterocycles. The molecular formula is C10H13NS2. The number of thioether (sulfide) groups is 1. The van der Waals surface area contributed by atoms with Crippen LogP contribution >= 0.6 is 24.6 Å². The Balaban J connectivity index is 2.13. The van der Waals surface area contributed by atoms with E-state index < -0.39 is 0 Å². The Kier molecular flexibility index (Phi) is 2.86. The van der Waals surface area contributed by atoms with E-state index in [2.05, 4.69) is 42.0 Å². The lowest BCUT2D eigenvalue weighted by molar-refractivity contribution is 0.716. The second kappa shape index (κ2) is 3.95. The van der Waals surface area contributed by atoms with Crippen LogP contribution in [0.5, 0.6) is 0 Å². The van der Waals surface area contributed by atoms with Crippen molar-refractivity contribution in [2.45, 2.75) is 13.3 Å². The van der Waals surface area contributed by atoms with E-state index in [9.17, 15) is 0 Å². The molecule has 13 heavy (non-hydrogen) atoms. The molecule has 1 heterocycles. The quantitative estimate of drug-likeness (QED) is 0.681. The molecule has 1 N–H and O–H groups in total. The summed E-state index contributed by atoms with van der Waals surface area (Å²) in [5, 5.41) is 2.27. The molecule has 1 unspecified atom stereocenters. The van der Waals surface area contributed by atoms with Gasteiger partial charge in [-0.05, 0) is 23.7 Å². The smallest absolute Gasteiger partial charge is 0.0270 e. The lowest BCUT2D eigenvalue weighted by Gasteiger charge is -2.19. The molecule has 0 amide bonds. The second-order valence-electron chi connectivity index (χ2n) is 3.47. The fourth-order valence-corrected chi connectivity index (χ4v) is 3.00. The van der Waals surface area contributed by atoms with Gasteiger partial charge in [-0.2, -0.15) is 0 Å². The van der Waals surface area contributed by atoms with E-state index in [0.29, 0.717) is 5.92 Å². The molecule has 0 aromatic rings. The maximum Gasteiger partial charge on any atom is 0.0270 e. The van der Waals surface area contributed by atoms with Crippen molar-refractivity contribution in [2.75, 3.05) is 6.54 Å². The minimum atomic E-state index is 0.659. The van der Waals surface area contributed by atoms with E-state index in [1.807, 2.05) is 11.8 Å². The molecule has 0 fully saturated rings. The first-order valence-electron chi connectivity index (χ1n) is 4.41. The maximum atomic E-state index is 4.02. The third-order valence-electron chi connectivity index (χ3n) is 2.53. The molecule has 1 aliphatic heterocycles. The standard InChI is InChI=1S/C10H13NS2/c1-7-6-13-10-3-2-8(5-11-12)4-9(7)10/h2-3,6,9,11-12H,4-5H2,1H3. The third kappa shape index (κ3) is 1.87. The minimum absolute atomic E-state index is 0.659. The molecule has 1 nitrogen and oxygen atoms in total. The van der Waals surface area contributed by atoms with Crippen LogP contribution in [-0.2, 0) is 0 Å². The van der Waals surface area contributed by atoms with E-state index in [0.717, 1.165) is 13.0 Å². The molecular weight excluding hydrogens is 198 g/mol. The Labute approximate surface area is 88.9 Å². The van der Waals surface area contributed by atoms with Crippen molar-refractivity contribution < 1.29 is 0 Å². The third-order valence-corrected chi connectivity index (χ3v) is 3.87. The molecule has 0 radical (unpaired) electrons. The van der Waals surface area contributed by atoms with E-state index in [-0.39, 0.29) is 0 Å². The van der Waals surface area contributed by atoms with E-state index in [1.54, 1.807) is 0 Å². The van der Waals surface area contributed by atoms with Crippen LogP contribution in [0.1, 0.15) is 13.3 Å². The highest BCUT2D eigenvalue weighted by molar-refractivity contribution is 8.06. The van der Waals surface area contributed by atoms with Crippen LogP contribution in [0.4, 0.5) is 0 Å². The predicted octanol–water partition coefficient (Wildman–Crippen LogP) is 2.90. The fourth-order valence-electron chi connectivity index (χ4n) is 1.73. The highest BCUT2D eigenvalue weighted by Crippen LogP contribution is 2.44. The van der Waals surface area contributed by atoms with Gasteiger partial charge in [-0.1, -0.05) is 36.1 Å². The molecule has 70 valence electrons. The number of hydrogen-bond acceptors (Lipinski definition) is 3. The van der Waals surface area contributed by atoms with Gasteiger partial charge in [-0.3, -0.25) is 4.72 Å². The first-order valence-corrected chi connectivity index (χ1v) is 5.74. The predicted molar refractivity (Wildman–Crippen MR) is 62.6 cm³/mol. The maximum absolute atomic E-state index is 4.02. The summed E-state index contributed by atoms with van der Waals surface area (Å²) < 4.78 is 2.90. The zero-order valence-corrected chi connectivity index (χ0v) is 9.29. The Morgan fingerprint density at radius 3 is 3.23 bits per heavy atom. The van der Waals surface area contributed by atoms with Crippen molar-refractivity contribution in [3.63, 3.8) is 0 Å². The van der Waals surface area contributed by atoms with E-state index in [1.165, 1.54) is 16.1 Å². The average molecular weight is 211 g/mol. The lowest BCUT2D eigenvalue weighted by atomic mass is 9.89. The van der Waals surface area contributed by atoms with Crippen LogP contribution in [0.25, 0.3) is 0 Å². The van der Waals surface area contributed by atoms with Gasteiger partial charge in [0.15, 0.2) is 0 Å². The summed E-state index contributed by atoms with van der Waals surface area (Å²) in [4.78, 5) is 1.50. The van der Waals surface area contributed by atoms with Gasteiger partial charge < -0.3 is 0 Å². The largest absolute Gasteiger partial charge is 0.263 e. The number of rotatable bonds is 2. The van der Waals surface area contributed by atoms with Crippen LogP contribution < -0.4 is 4.72 Å². The molecule has 0 aromatic carbocycles. The zero-order chi connectivity index (χ0) is 9.26. The van der Waals surface area contributed by atoms with Gasteiger partial charge in [-0.15, -0.1) is 11.8 Å². The van der Waals surface area contributed by atoms with Gasteiger partial charge in [0, 0.05) is 12.5 Å². The summed E-state index contributed by atoms with van der Waals surface area (Å²) in [7, 11) is 0. The number of allylic oxidation sites excluding steroid dienone is 4. The van der Waals surface area contributed by atoms with E-state index in [4.69, 9.17) is 0 Å². The average Bonchev–Trinajstić information content (AvgIpc) is 2.49. The van der Waals surface area contributed by atoms with Crippen molar-refractivity contribution in [2.24, 2.45) is 5.92 Å². The fraction of sp³-hybridized carbons (Fsp3) is 0.400. The van der Waals surface area contributed by atoms with Gasteiger partial charge in [-0.25, -0.2) is 0 Å². The van der Waals surface area contributed by atoms with Crippen molar-refractivity contribution in [1.82, 2.24) is 4.72 Å². The van der Waals surface area contributed by atoms with Gasteiger partial charge in [0.1, 0.15) is 0 Å². The van der Waals surface area contributed by atoms with Crippen molar-refractivity contribution >= 4 is 24.6 Å². The second-order valence-corrected chi connectivity index (χ2v) is 4.72. The van der Waals surface area contributed by atoms with Gasteiger partial charge in [0.25, 0.3) is 0 Å². The lowest BCUT2D eigenvalue weighted by Crippen LogP contribution is -2.12. The molecule has 0 saturated carbocycles. The molecule has 2 aliphatic rings. The van der Waals surface area contributed by atoms with Crippen molar-refractivity contribution in [1.29, 1.82) is 0 Å². The Morgan fingerprint density at radius 2 is 2.46 bits per heavy atom. The summed E-state index contributed by atoms with van der Waals surface area (Å²) in [5.41, 5.74) is 2.94. The normalized spacial score (nSPS) is 26.3. The van der Waals surface area contributed by atoms with Gasteiger partial charge in [0.2, 0.25) is 0 Å². The van der Waals surface area contributed by atoms with Crippen LogP contribution in [0.3, 0.4) is 0 Å². The molecule has 0 aromatic heterocycles. The first kappa shape index (κ1) is 9.44. The summed E-state index contributed by atoms with van der Waals surface area (Å²) in [6.07, 6.45) is 5.62. The summed E-state index contributed by atoms with van der Waals surface area (Å²) >= 11 is 5.89. The first-order chi connectivity index (χ1) is 6.31. The topological polar surface area (TPSA) is 12.0 Å². The van der Waals surface area contributed by atoms with Gasteiger partial charge in [0.05, 0.1) is 0 Å². The van der Waals surface area contributed by atoms with E-state index >= 15 is 0 Å². The number of nitrogens with one attached hydrogen (secondary N) is 1. The highest BCUT2D eigenvalue weighted by Gasteiger charge is 2.24. The molecule has 3 heteroatoms. The van der Waals surface area contributed by atoms with Crippen molar-refractivity contribution in [3.05, 3.63) is 33.6 Å². The molecule has 0 spiro atoms. The van der Waals surface area contributed by atoms with Crippen molar-refractivity contribution in [3.8, 4) is 0 Å². The monoisotopic (exact) mass is 211 g/mol. The number of fused-ring (bicyclic) bond motifs is 1. The van der Waals surface area contributed by atoms with Crippen LogP contribution in [-0.4, -0.2) is 6.54 Å². The number of thiol groups is 1. The Morgan fingerprint density at radius 1 is 1.62 bits per heavy atom. The Hall–Kier alpha value is -0.120. The summed E-state index contributed by atoms with van der Waals surface area (Å²) in [5.74, 6) is 0.659. The number of hydrogen-bond donors (Lipinski definition) is 2. The summed E-state index contributed by atoms with van der Waals surface area (Å²) in [6.45, 7) is 3.11. The highest BCUT2D eigenvalue weighted by atomic mass is 32.2. The van der Waals surface area contributed by atoms with Crippen LogP contribution in [0, 0.1) is 5.92 Å². The van der Waals surface area contributed by atoms with Crippen LogP contribution in [0.15, 0.2) is 33.6 Å². The molecule has 0 bridgehead atoms. The minimum Gasteiger partial charge on any atom is -0.263 e. The molecule has 2 rings (SSSR count). The van der Waals surface area contributed by atoms with Gasteiger partial charge >= 0.3 is 0 Å². The SMILES string of the molecule is CC1=CSC2=CC=C(CNS)CC12. The zero-order valence-electron chi connectivity index (χ0n) is 7.58. The Bertz CT molecular complexity index is 302. The van der Waals surface area contributed by atoms with Crippen LogP contribution in [0.2, 0.25) is 0 Å². The summed E-state index contributed by atoms with van der Waals surface area (Å²) in [6, 6.07) is 0. The molecule has 1 atom stereocenters. The molecule has 1 aliphatic carbocycles.